The van der Waals surface area contributed by atoms with E-state index >= 15 is 0 Å². The van der Waals surface area contributed by atoms with Crippen molar-refractivity contribution < 1.29 is 9.46 Å². The topological polar surface area (TPSA) is 40.1 Å². The maximum absolute atomic E-state index is 10.9. The average molecular weight is 155 g/mol. The first-order valence-corrected chi connectivity index (χ1v) is 5.02. The predicted molar refractivity (Wildman–Crippen MR) is 39.6 cm³/mol. The molecule has 0 spiro atoms. The number of hydrogen-bond acceptors (Lipinski definition) is 2. The minimum atomic E-state index is -3.27. The minimum absolute atomic E-state index is 0.398. The maximum Gasteiger partial charge on any atom is 0.0403 e. The van der Waals surface area contributed by atoms with Gasteiger partial charge in [-0.25, -0.2) is 0 Å². The highest BCUT2D eigenvalue weighted by Crippen LogP contribution is 2.27. The van der Waals surface area contributed by atoms with Crippen LogP contribution >= 0.6 is 7.37 Å². The third kappa shape index (κ3) is 1.69. The molecule has 0 aliphatic heterocycles. The SMILES string of the molecule is CP(=O)([O-])c1ccccc1. The quantitative estimate of drug-likeness (QED) is 0.556. The average Bonchev–Trinajstić information content (AvgIpc) is 1.88. The molecule has 0 amide bonds. The number of benzene rings is 1. The summed E-state index contributed by atoms with van der Waals surface area (Å²) in [6.07, 6.45) is 0. The third-order valence-corrected chi connectivity index (χ3v) is 2.46. The molecule has 1 aromatic carbocycles. The van der Waals surface area contributed by atoms with E-state index in [4.69, 9.17) is 0 Å². The van der Waals surface area contributed by atoms with Crippen molar-refractivity contribution in [2.24, 2.45) is 0 Å². The van der Waals surface area contributed by atoms with Gasteiger partial charge in [-0.1, -0.05) is 30.3 Å². The van der Waals surface area contributed by atoms with Gasteiger partial charge in [0.1, 0.15) is 0 Å². The van der Waals surface area contributed by atoms with Crippen molar-refractivity contribution in [3.63, 3.8) is 0 Å². The van der Waals surface area contributed by atoms with Crippen LogP contribution in [0.2, 0.25) is 0 Å². The van der Waals surface area contributed by atoms with E-state index in [1.807, 2.05) is 0 Å². The highest BCUT2D eigenvalue weighted by Gasteiger charge is 1.99. The van der Waals surface area contributed by atoms with Gasteiger partial charge in [0.05, 0.1) is 0 Å². The molecule has 3 heteroatoms. The van der Waals surface area contributed by atoms with Crippen molar-refractivity contribution in [1.29, 1.82) is 0 Å². The van der Waals surface area contributed by atoms with Crippen LogP contribution in [-0.2, 0) is 4.57 Å². The molecule has 0 radical (unpaired) electrons. The van der Waals surface area contributed by atoms with Crippen LogP contribution in [0.3, 0.4) is 0 Å². The summed E-state index contributed by atoms with van der Waals surface area (Å²) in [6.45, 7) is 1.22. The molecule has 0 aliphatic carbocycles. The summed E-state index contributed by atoms with van der Waals surface area (Å²) in [5.41, 5.74) is 0. The fraction of sp³-hybridized carbons (Fsp3) is 0.143. The van der Waals surface area contributed by atoms with E-state index in [0.29, 0.717) is 5.30 Å². The molecule has 0 bridgehead atoms. The zero-order valence-electron chi connectivity index (χ0n) is 5.65. The van der Waals surface area contributed by atoms with Crippen molar-refractivity contribution in [3.05, 3.63) is 30.3 Å². The maximum atomic E-state index is 10.9. The van der Waals surface area contributed by atoms with Crippen LogP contribution in [0.25, 0.3) is 0 Å². The largest absolute Gasteiger partial charge is 0.796 e. The van der Waals surface area contributed by atoms with Gasteiger partial charge in [0.25, 0.3) is 0 Å². The van der Waals surface area contributed by atoms with Gasteiger partial charge in [-0.3, -0.25) is 0 Å². The van der Waals surface area contributed by atoms with Crippen molar-refractivity contribution in [2.75, 3.05) is 6.66 Å². The molecule has 54 valence electrons. The standard InChI is InChI=1S/C7H9O2P/c1-10(8,9)7-5-3-2-4-6-7/h2-6H,1H3,(H,8,9)/p-1. The number of rotatable bonds is 1. The monoisotopic (exact) mass is 155 g/mol. The summed E-state index contributed by atoms with van der Waals surface area (Å²) in [7, 11) is -3.27. The van der Waals surface area contributed by atoms with Gasteiger partial charge in [0, 0.05) is 7.37 Å². The second kappa shape index (κ2) is 2.57. The molecule has 0 saturated carbocycles. The Kier molecular flexibility index (Phi) is 1.93. The van der Waals surface area contributed by atoms with E-state index in [0.717, 1.165) is 0 Å². The Bertz CT molecular complexity index is 250. The Labute approximate surface area is 60.0 Å². The van der Waals surface area contributed by atoms with Crippen LogP contribution < -0.4 is 10.2 Å². The predicted octanol–water partition coefficient (Wildman–Crippen LogP) is 0.580. The van der Waals surface area contributed by atoms with E-state index in [2.05, 4.69) is 0 Å². The second-order valence-corrected chi connectivity index (χ2v) is 4.39. The lowest BCUT2D eigenvalue weighted by Gasteiger charge is -2.16. The Morgan fingerprint density at radius 1 is 1.30 bits per heavy atom. The van der Waals surface area contributed by atoms with Gasteiger partial charge in [-0.15, -0.1) is 0 Å². The summed E-state index contributed by atoms with van der Waals surface area (Å²) in [5.74, 6) is 0. The Balaban J connectivity index is 3.09. The van der Waals surface area contributed by atoms with Crippen molar-refractivity contribution in [1.82, 2.24) is 0 Å². The van der Waals surface area contributed by atoms with Crippen molar-refractivity contribution in [2.45, 2.75) is 0 Å². The molecule has 1 rings (SSSR count). The molecule has 0 fully saturated rings. The molecule has 1 aromatic rings. The molecular formula is C7H8O2P-. The van der Waals surface area contributed by atoms with Gasteiger partial charge in [0.15, 0.2) is 0 Å². The van der Waals surface area contributed by atoms with E-state index < -0.39 is 7.37 Å². The van der Waals surface area contributed by atoms with E-state index in [-0.39, 0.29) is 0 Å². The lowest BCUT2D eigenvalue weighted by molar-refractivity contribution is -0.169. The van der Waals surface area contributed by atoms with Gasteiger partial charge in [-0.2, -0.15) is 0 Å². The summed E-state index contributed by atoms with van der Waals surface area (Å²) in [6, 6.07) is 8.40. The Morgan fingerprint density at radius 3 is 2.10 bits per heavy atom. The van der Waals surface area contributed by atoms with Crippen LogP contribution in [0.4, 0.5) is 0 Å². The normalized spacial score (nSPS) is 16.2. The van der Waals surface area contributed by atoms with E-state index in [9.17, 15) is 9.46 Å². The van der Waals surface area contributed by atoms with Crippen LogP contribution in [0.1, 0.15) is 0 Å². The highest BCUT2D eigenvalue weighted by atomic mass is 31.2. The van der Waals surface area contributed by atoms with Crippen LogP contribution in [0, 0.1) is 0 Å². The lowest BCUT2D eigenvalue weighted by Crippen LogP contribution is -2.12. The molecule has 0 heterocycles. The van der Waals surface area contributed by atoms with Gasteiger partial charge in [-0.05, 0) is 12.0 Å². The first-order valence-electron chi connectivity index (χ1n) is 2.95. The molecule has 0 N–H and O–H groups in total. The minimum Gasteiger partial charge on any atom is -0.796 e. The Morgan fingerprint density at radius 2 is 1.80 bits per heavy atom. The third-order valence-electron chi connectivity index (χ3n) is 1.23. The van der Waals surface area contributed by atoms with Crippen molar-refractivity contribution in [3.8, 4) is 0 Å². The molecule has 0 saturated heterocycles. The molecule has 0 aliphatic rings. The molecular weight excluding hydrogens is 147 g/mol. The zero-order valence-corrected chi connectivity index (χ0v) is 6.54. The van der Waals surface area contributed by atoms with Crippen molar-refractivity contribution >= 4 is 12.7 Å². The van der Waals surface area contributed by atoms with Crippen LogP contribution in [0.5, 0.6) is 0 Å². The highest BCUT2D eigenvalue weighted by molar-refractivity contribution is 7.63. The first-order chi connectivity index (χ1) is 4.61. The zero-order chi connectivity index (χ0) is 7.61. The number of hydrogen-bond donors (Lipinski definition) is 0. The second-order valence-electron chi connectivity index (χ2n) is 2.18. The van der Waals surface area contributed by atoms with Crippen LogP contribution in [0.15, 0.2) is 30.3 Å². The first kappa shape index (κ1) is 7.52. The lowest BCUT2D eigenvalue weighted by atomic mass is 10.4. The summed E-state index contributed by atoms with van der Waals surface area (Å²) in [5, 5.41) is 0.398. The fourth-order valence-corrected chi connectivity index (χ4v) is 1.41. The fourth-order valence-electron chi connectivity index (χ4n) is 0.699. The summed E-state index contributed by atoms with van der Waals surface area (Å²) >= 11 is 0. The van der Waals surface area contributed by atoms with Gasteiger partial charge < -0.3 is 9.46 Å². The molecule has 1 atom stereocenters. The summed E-state index contributed by atoms with van der Waals surface area (Å²) < 4.78 is 10.9. The molecule has 1 unspecified atom stereocenters. The van der Waals surface area contributed by atoms with Gasteiger partial charge >= 0.3 is 0 Å². The molecule has 10 heavy (non-hydrogen) atoms. The van der Waals surface area contributed by atoms with Crippen LogP contribution in [-0.4, -0.2) is 6.66 Å². The Hall–Kier alpha value is -0.590. The van der Waals surface area contributed by atoms with E-state index in [1.54, 1.807) is 30.3 Å². The smallest absolute Gasteiger partial charge is 0.0403 e. The molecule has 2 nitrogen and oxygen atoms in total. The van der Waals surface area contributed by atoms with E-state index in [1.165, 1.54) is 6.66 Å². The summed E-state index contributed by atoms with van der Waals surface area (Å²) in [4.78, 5) is 10.9. The molecule has 0 aromatic heterocycles. The van der Waals surface area contributed by atoms with Gasteiger partial charge in [0.2, 0.25) is 0 Å².